The van der Waals surface area contributed by atoms with Crippen LogP contribution in [0.1, 0.15) is 35.7 Å². The largest absolute Gasteiger partial charge is 0.484 e. The van der Waals surface area contributed by atoms with Crippen molar-refractivity contribution in [3.63, 3.8) is 0 Å². The molecule has 0 aliphatic heterocycles. The second-order valence-electron chi connectivity index (χ2n) is 7.04. The SMILES string of the molecule is CC(C)c1ccccc1NC(=O)COc1ccc(C(=O)Nc2ccccc2Cl)cc1. The Morgan fingerprint density at radius 2 is 1.50 bits per heavy atom. The zero-order valence-corrected chi connectivity index (χ0v) is 17.6. The highest BCUT2D eigenvalue weighted by atomic mass is 35.5. The molecule has 3 aromatic rings. The van der Waals surface area contributed by atoms with Crippen LogP contribution in [0.4, 0.5) is 11.4 Å². The first kappa shape index (κ1) is 21.4. The van der Waals surface area contributed by atoms with E-state index in [9.17, 15) is 9.59 Å². The number of ether oxygens (including phenoxy) is 1. The Labute approximate surface area is 181 Å². The molecule has 30 heavy (non-hydrogen) atoms. The quantitative estimate of drug-likeness (QED) is 0.510. The van der Waals surface area contributed by atoms with E-state index in [2.05, 4.69) is 24.5 Å². The molecule has 0 fully saturated rings. The van der Waals surface area contributed by atoms with Gasteiger partial charge in [-0.25, -0.2) is 0 Å². The summed E-state index contributed by atoms with van der Waals surface area (Å²) >= 11 is 6.06. The Hall–Kier alpha value is -3.31. The third-order valence-corrected chi connectivity index (χ3v) is 4.79. The molecule has 3 rings (SSSR count). The van der Waals surface area contributed by atoms with Crippen LogP contribution in [0.5, 0.6) is 5.75 Å². The van der Waals surface area contributed by atoms with Crippen LogP contribution < -0.4 is 15.4 Å². The maximum atomic E-state index is 12.4. The van der Waals surface area contributed by atoms with Crippen molar-refractivity contribution >= 4 is 34.8 Å². The predicted molar refractivity (Wildman–Crippen MR) is 121 cm³/mol. The van der Waals surface area contributed by atoms with Crippen LogP contribution in [0.25, 0.3) is 0 Å². The molecule has 0 unspecified atom stereocenters. The molecule has 0 heterocycles. The topological polar surface area (TPSA) is 67.4 Å². The number of nitrogens with one attached hydrogen (secondary N) is 2. The summed E-state index contributed by atoms with van der Waals surface area (Å²) in [6.07, 6.45) is 0. The number of hydrogen-bond acceptors (Lipinski definition) is 3. The molecule has 5 nitrogen and oxygen atoms in total. The molecular weight excluding hydrogens is 400 g/mol. The molecular formula is C24H23ClN2O3. The third-order valence-electron chi connectivity index (χ3n) is 4.47. The summed E-state index contributed by atoms with van der Waals surface area (Å²) in [5.74, 6) is 0.268. The van der Waals surface area contributed by atoms with Crippen LogP contribution in [0.15, 0.2) is 72.8 Å². The van der Waals surface area contributed by atoms with Crippen molar-refractivity contribution in [2.24, 2.45) is 0 Å². The minimum Gasteiger partial charge on any atom is -0.484 e. The number of carbonyl (C=O) groups is 2. The third kappa shape index (κ3) is 5.61. The summed E-state index contributed by atoms with van der Waals surface area (Å²) in [5, 5.41) is 6.11. The summed E-state index contributed by atoms with van der Waals surface area (Å²) in [5.41, 5.74) is 2.85. The van der Waals surface area contributed by atoms with Gasteiger partial charge in [-0.1, -0.05) is 55.8 Å². The van der Waals surface area contributed by atoms with Crippen molar-refractivity contribution in [2.75, 3.05) is 17.2 Å². The maximum Gasteiger partial charge on any atom is 0.262 e. The van der Waals surface area contributed by atoms with Crippen LogP contribution in [0.3, 0.4) is 0 Å². The summed E-state index contributed by atoms with van der Waals surface area (Å²) in [4.78, 5) is 24.6. The first-order chi connectivity index (χ1) is 14.4. The molecule has 154 valence electrons. The number of anilines is 2. The number of rotatable bonds is 7. The zero-order valence-electron chi connectivity index (χ0n) is 16.8. The lowest BCUT2D eigenvalue weighted by Crippen LogP contribution is -2.21. The van der Waals surface area contributed by atoms with Gasteiger partial charge in [0.25, 0.3) is 11.8 Å². The van der Waals surface area contributed by atoms with Gasteiger partial charge in [-0.3, -0.25) is 9.59 Å². The first-order valence-electron chi connectivity index (χ1n) is 9.61. The number of amides is 2. The van der Waals surface area contributed by atoms with E-state index >= 15 is 0 Å². The molecule has 3 aromatic carbocycles. The molecule has 0 saturated heterocycles. The molecule has 0 spiro atoms. The second-order valence-corrected chi connectivity index (χ2v) is 7.44. The van der Waals surface area contributed by atoms with Gasteiger partial charge in [0.15, 0.2) is 6.61 Å². The lowest BCUT2D eigenvalue weighted by Gasteiger charge is -2.14. The van der Waals surface area contributed by atoms with Gasteiger partial charge < -0.3 is 15.4 Å². The minimum absolute atomic E-state index is 0.127. The Morgan fingerprint density at radius 1 is 0.867 bits per heavy atom. The smallest absolute Gasteiger partial charge is 0.262 e. The number of halogens is 1. The van der Waals surface area contributed by atoms with Gasteiger partial charge in [0.2, 0.25) is 0 Å². The lowest BCUT2D eigenvalue weighted by atomic mass is 10.0. The van der Waals surface area contributed by atoms with E-state index in [1.165, 1.54) is 0 Å². The monoisotopic (exact) mass is 422 g/mol. The fourth-order valence-electron chi connectivity index (χ4n) is 2.91. The van der Waals surface area contributed by atoms with Crippen LogP contribution in [-0.2, 0) is 4.79 Å². The standard InChI is InChI=1S/C24H23ClN2O3/c1-16(2)19-7-3-5-9-21(19)26-23(28)15-30-18-13-11-17(12-14-18)24(29)27-22-10-6-4-8-20(22)25/h3-14,16H,15H2,1-2H3,(H,26,28)(H,27,29). The lowest BCUT2D eigenvalue weighted by molar-refractivity contribution is -0.118. The van der Waals surface area contributed by atoms with E-state index in [0.717, 1.165) is 11.3 Å². The van der Waals surface area contributed by atoms with E-state index in [1.54, 1.807) is 48.5 Å². The van der Waals surface area contributed by atoms with Crippen molar-refractivity contribution in [3.8, 4) is 5.75 Å². The van der Waals surface area contributed by atoms with Crippen LogP contribution >= 0.6 is 11.6 Å². The molecule has 6 heteroatoms. The molecule has 0 radical (unpaired) electrons. The first-order valence-corrected chi connectivity index (χ1v) is 9.99. The summed E-state index contributed by atoms with van der Waals surface area (Å²) in [6, 6.07) is 21.3. The Balaban J connectivity index is 1.55. The van der Waals surface area contributed by atoms with Gasteiger partial charge >= 0.3 is 0 Å². The number of carbonyl (C=O) groups excluding carboxylic acids is 2. The number of para-hydroxylation sites is 2. The van der Waals surface area contributed by atoms with E-state index in [-0.39, 0.29) is 18.4 Å². The number of benzene rings is 3. The molecule has 2 N–H and O–H groups in total. The maximum absolute atomic E-state index is 12.4. The van der Waals surface area contributed by atoms with Gasteiger partial charge in [0.1, 0.15) is 5.75 Å². The summed E-state index contributed by atoms with van der Waals surface area (Å²) < 4.78 is 5.55. The van der Waals surface area contributed by atoms with Gasteiger partial charge in [0, 0.05) is 11.3 Å². The molecule has 0 atom stereocenters. The van der Waals surface area contributed by atoms with Crippen molar-refractivity contribution in [2.45, 2.75) is 19.8 Å². The fourth-order valence-corrected chi connectivity index (χ4v) is 3.09. The van der Waals surface area contributed by atoms with Crippen LogP contribution in [0, 0.1) is 0 Å². The van der Waals surface area contributed by atoms with Crippen molar-refractivity contribution in [1.29, 1.82) is 0 Å². The molecule has 0 aromatic heterocycles. The molecule has 2 amide bonds. The summed E-state index contributed by atoms with van der Waals surface area (Å²) in [7, 11) is 0. The highest BCUT2D eigenvalue weighted by molar-refractivity contribution is 6.33. The van der Waals surface area contributed by atoms with Crippen LogP contribution in [-0.4, -0.2) is 18.4 Å². The van der Waals surface area contributed by atoms with E-state index in [0.29, 0.717) is 27.9 Å². The average Bonchev–Trinajstić information content (AvgIpc) is 2.74. The molecule has 0 aliphatic rings. The van der Waals surface area contributed by atoms with E-state index in [1.807, 2.05) is 24.3 Å². The summed E-state index contributed by atoms with van der Waals surface area (Å²) in [6.45, 7) is 4.02. The van der Waals surface area contributed by atoms with E-state index < -0.39 is 0 Å². The van der Waals surface area contributed by atoms with Gasteiger partial charge in [-0.05, 0) is 53.9 Å². The van der Waals surface area contributed by atoms with Crippen LogP contribution in [0.2, 0.25) is 5.02 Å². The Bertz CT molecular complexity index is 1030. The molecule has 0 bridgehead atoms. The minimum atomic E-state index is -0.280. The normalized spacial score (nSPS) is 10.5. The molecule has 0 saturated carbocycles. The average molecular weight is 423 g/mol. The number of hydrogen-bond donors (Lipinski definition) is 2. The predicted octanol–water partition coefficient (Wildman–Crippen LogP) is 5.73. The van der Waals surface area contributed by atoms with Gasteiger partial charge in [-0.2, -0.15) is 0 Å². The zero-order chi connectivity index (χ0) is 21.5. The van der Waals surface area contributed by atoms with Gasteiger partial charge in [-0.15, -0.1) is 0 Å². The second kappa shape index (κ2) is 9.94. The molecule has 0 aliphatic carbocycles. The van der Waals surface area contributed by atoms with Crippen molar-refractivity contribution in [3.05, 3.63) is 88.9 Å². The van der Waals surface area contributed by atoms with Crippen molar-refractivity contribution in [1.82, 2.24) is 0 Å². The Kier molecular flexibility index (Phi) is 7.09. The van der Waals surface area contributed by atoms with Gasteiger partial charge in [0.05, 0.1) is 10.7 Å². The van der Waals surface area contributed by atoms with E-state index in [4.69, 9.17) is 16.3 Å². The fraction of sp³-hybridized carbons (Fsp3) is 0.167. The van der Waals surface area contributed by atoms with Crippen molar-refractivity contribution < 1.29 is 14.3 Å². The Morgan fingerprint density at radius 3 is 2.17 bits per heavy atom. The highest BCUT2D eigenvalue weighted by Crippen LogP contribution is 2.24. The highest BCUT2D eigenvalue weighted by Gasteiger charge is 2.11.